The van der Waals surface area contributed by atoms with Gasteiger partial charge in [0.1, 0.15) is 0 Å². The Bertz CT molecular complexity index is 403. The number of halogens is 1. The SMILES string of the molecule is COCCNCc1cccc(Cl)c1N1CCCCCC1. The van der Waals surface area contributed by atoms with Crippen molar-refractivity contribution in [3.05, 3.63) is 28.8 Å². The summed E-state index contributed by atoms with van der Waals surface area (Å²) in [6, 6.07) is 6.21. The van der Waals surface area contributed by atoms with Crippen LogP contribution in [0, 0.1) is 0 Å². The van der Waals surface area contributed by atoms with Crippen LogP contribution in [-0.2, 0) is 11.3 Å². The Kier molecular flexibility index (Phi) is 6.64. The number of ether oxygens (including phenoxy) is 1. The van der Waals surface area contributed by atoms with Crippen molar-refractivity contribution in [3.8, 4) is 0 Å². The first-order valence-corrected chi connectivity index (χ1v) is 7.92. The number of nitrogens with zero attached hydrogens (tertiary/aromatic N) is 1. The first-order chi connectivity index (χ1) is 9.83. The minimum Gasteiger partial charge on any atom is -0.383 e. The normalized spacial score (nSPS) is 16.2. The van der Waals surface area contributed by atoms with Crippen LogP contribution in [0.4, 0.5) is 5.69 Å². The average Bonchev–Trinajstić information content (AvgIpc) is 2.72. The molecular formula is C16H25ClN2O. The molecule has 1 aliphatic heterocycles. The average molecular weight is 297 g/mol. The van der Waals surface area contributed by atoms with Crippen molar-refractivity contribution in [2.45, 2.75) is 32.2 Å². The van der Waals surface area contributed by atoms with Gasteiger partial charge in [0.25, 0.3) is 0 Å². The third-order valence-electron chi connectivity index (χ3n) is 3.79. The van der Waals surface area contributed by atoms with Crippen molar-refractivity contribution >= 4 is 17.3 Å². The minimum absolute atomic E-state index is 0.736. The summed E-state index contributed by atoms with van der Waals surface area (Å²) < 4.78 is 5.07. The lowest BCUT2D eigenvalue weighted by atomic mass is 10.1. The fraction of sp³-hybridized carbons (Fsp3) is 0.625. The van der Waals surface area contributed by atoms with Gasteiger partial charge in [-0.2, -0.15) is 0 Å². The smallest absolute Gasteiger partial charge is 0.0642 e. The number of anilines is 1. The number of benzene rings is 1. The van der Waals surface area contributed by atoms with Gasteiger partial charge >= 0.3 is 0 Å². The van der Waals surface area contributed by atoms with Crippen LogP contribution in [0.15, 0.2) is 18.2 Å². The summed E-state index contributed by atoms with van der Waals surface area (Å²) in [6.45, 7) is 4.68. The van der Waals surface area contributed by atoms with E-state index in [2.05, 4.69) is 16.3 Å². The van der Waals surface area contributed by atoms with Crippen LogP contribution in [0.25, 0.3) is 0 Å². The second-order valence-corrected chi connectivity index (χ2v) is 5.73. The number of hydrogen-bond acceptors (Lipinski definition) is 3. The van der Waals surface area contributed by atoms with E-state index >= 15 is 0 Å². The van der Waals surface area contributed by atoms with Gasteiger partial charge in [-0.15, -0.1) is 0 Å². The summed E-state index contributed by atoms with van der Waals surface area (Å²) in [7, 11) is 1.73. The molecule has 1 fully saturated rings. The van der Waals surface area contributed by atoms with Crippen molar-refractivity contribution in [1.82, 2.24) is 5.32 Å². The van der Waals surface area contributed by atoms with Crippen LogP contribution in [0.1, 0.15) is 31.2 Å². The third-order valence-corrected chi connectivity index (χ3v) is 4.10. The zero-order valence-corrected chi connectivity index (χ0v) is 13.1. The highest BCUT2D eigenvalue weighted by atomic mass is 35.5. The van der Waals surface area contributed by atoms with Gasteiger partial charge in [-0.1, -0.05) is 36.6 Å². The van der Waals surface area contributed by atoms with Gasteiger partial charge < -0.3 is 15.0 Å². The molecule has 1 aromatic rings. The highest BCUT2D eigenvalue weighted by molar-refractivity contribution is 6.33. The number of methoxy groups -OCH3 is 1. The molecule has 1 N–H and O–H groups in total. The molecular weight excluding hydrogens is 272 g/mol. The first-order valence-electron chi connectivity index (χ1n) is 7.55. The van der Waals surface area contributed by atoms with E-state index in [0.29, 0.717) is 0 Å². The Morgan fingerprint density at radius 3 is 2.65 bits per heavy atom. The van der Waals surface area contributed by atoms with E-state index in [0.717, 1.165) is 37.8 Å². The Morgan fingerprint density at radius 2 is 1.95 bits per heavy atom. The molecule has 0 unspecified atom stereocenters. The molecule has 1 aromatic carbocycles. The summed E-state index contributed by atoms with van der Waals surface area (Å²) in [5, 5.41) is 4.29. The van der Waals surface area contributed by atoms with Crippen LogP contribution in [0.2, 0.25) is 5.02 Å². The summed E-state index contributed by atoms with van der Waals surface area (Å²) >= 11 is 6.46. The topological polar surface area (TPSA) is 24.5 Å². The highest BCUT2D eigenvalue weighted by Gasteiger charge is 2.16. The summed E-state index contributed by atoms with van der Waals surface area (Å²) in [4.78, 5) is 2.46. The van der Waals surface area contributed by atoms with Gasteiger partial charge in [0.15, 0.2) is 0 Å². The second kappa shape index (κ2) is 8.50. The van der Waals surface area contributed by atoms with Crippen LogP contribution in [0.3, 0.4) is 0 Å². The quantitative estimate of drug-likeness (QED) is 0.814. The molecule has 2 rings (SSSR count). The minimum atomic E-state index is 0.736. The van der Waals surface area contributed by atoms with Gasteiger partial charge in [-0.3, -0.25) is 0 Å². The molecule has 0 spiro atoms. The molecule has 0 bridgehead atoms. The van der Waals surface area contributed by atoms with E-state index in [-0.39, 0.29) is 0 Å². The van der Waals surface area contributed by atoms with Gasteiger partial charge in [-0.25, -0.2) is 0 Å². The molecule has 0 aromatic heterocycles. The molecule has 1 heterocycles. The highest BCUT2D eigenvalue weighted by Crippen LogP contribution is 2.31. The number of rotatable bonds is 6. The van der Waals surface area contributed by atoms with Crippen LogP contribution in [-0.4, -0.2) is 33.4 Å². The van der Waals surface area contributed by atoms with Crippen molar-refractivity contribution < 1.29 is 4.74 Å². The largest absolute Gasteiger partial charge is 0.383 e. The summed E-state index contributed by atoms with van der Waals surface area (Å²) in [6.07, 6.45) is 5.20. The summed E-state index contributed by atoms with van der Waals surface area (Å²) in [5.41, 5.74) is 2.51. The van der Waals surface area contributed by atoms with Crippen LogP contribution >= 0.6 is 11.6 Å². The van der Waals surface area contributed by atoms with E-state index in [1.165, 1.54) is 36.9 Å². The zero-order valence-electron chi connectivity index (χ0n) is 12.3. The van der Waals surface area contributed by atoms with Gasteiger partial charge in [0, 0.05) is 33.3 Å². The third kappa shape index (κ3) is 4.37. The molecule has 3 nitrogen and oxygen atoms in total. The lowest BCUT2D eigenvalue weighted by molar-refractivity contribution is 0.199. The predicted molar refractivity (Wildman–Crippen MR) is 85.7 cm³/mol. The fourth-order valence-electron chi connectivity index (χ4n) is 2.75. The maximum atomic E-state index is 6.46. The maximum Gasteiger partial charge on any atom is 0.0642 e. The molecule has 1 aliphatic rings. The van der Waals surface area contributed by atoms with E-state index in [1.54, 1.807) is 7.11 Å². The number of hydrogen-bond donors (Lipinski definition) is 1. The number of para-hydroxylation sites is 1. The fourth-order valence-corrected chi connectivity index (χ4v) is 3.06. The molecule has 0 amide bonds. The molecule has 0 saturated carbocycles. The Balaban J connectivity index is 2.08. The van der Waals surface area contributed by atoms with Crippen molar-refractivity contribution in [2.75, 3.05) is 38.3 Å². The molecule has 0 radical (unpaired) electrons. The molecule has 112 valence electrons. The van der Waals surface area contributed by atoms with Crippen molar-refractivity contribution in [3.63, 3.8) is 0 Å². The van der Waals surface area contributed by atoms with Gasteiger partial charge in [0.05, 0.1) is 17.3 Å². The Morgan fingerprint density at radius 1 is 1.20 bits per heavy atom. The number of nitrogens with one attached hydrogen (secondary N) is 1. The van der Waals surface area contributed by atoms with E-state index in [4.69, 9.17) is 16.3 Å². The standard InChI is InChI=1S/C16H25ClN2O/c1-20-12-9-18-13-14-7-6-8-15(17)16(14)19-10-4-2-3-5-11-19/h6-8,18H,2-5,9-13H2,1H3. The van der Waals surface area contributed by atoms with Crippen LogP contribution < -0.4 is 10.2 Å². The first kappa shape index (κ1) is 15.6. The maximum absolute atomic E-state index is 6.46. The monoisotopic (exact) mass is 296 g/mol. The Labute approximate surface area is 127 Å². The van der Waals surface area contributed by atoms with E-state index in [9.17, 15) is 0 Å². The molecule has 0 atom stereocenters. The van der Waals surface area contributed by atoms with Gasteiger partial charge in [0.2, 0.25) is 0 Å². The second-order valence-electron chi connectivity index (χ2n) is 5.32. The van der Waals surface area contributed by atoms with Gasteiger partial charge in [-0.05, 0) is 24.5 Å². The lowest BCUT2D eigenvalue weighted by Crippen LogP contribution is -2.27. The van der Waals surface area contributed by atoms with Crippen LogP contribution in [0.5, 0.6) is 0 Å². The van der Waals surface area contributed by atoms with E-state index in [1.807, 2.05) is 12.1 Å². The van der Waals surface area contributed by atoms with Crippen molar-refractivity contribution in [1.29, 1.82) is 0 Å². The molecule has 20 heavy (non-hydrogen) atoms. The molecule has 1 saturated heterocycles. The molecule has 0 aliphatic carbocycles. The zero-order chi connectivity index (χ0) is 14.2. The van der Waals surface area contributed by atoms with Crippen molar-refractivity contribution in [2.24, 2.45) is 0 Å². The predicted octanol–water partition coefficient (Wildman–Crippen LogP) is 3.46. The summed E-state index contributed by atoms with van der Waals surface area (Å²) in [5.74, 6) is 0. The lowest BCUT2D eigenvalue weighted by Gasteiger charge is -2.26. The van der Waals surface area contributed by atoms with E-state index < -0.39 is 0 Å². The Hall–Kier alpha value is -0.770. The molecule has 4 heteroatoms.